The second kappa shape index (κ2) is 2.73. The van der Waals surface area contributed by atoms with E-state index in [9.17, 15) is 13.2 Å². The SMILES string of the molecule is Cn1cc(N)c(CC(F)(F)F)c1. The van der Waals surface area contributed by atoms with Crippen molar-refractivity contribution in [2.24, 2.45) is 7.05 Å². The highest BCUT2D eigenvalue weighted by atomic mass is 19.4. The predicted molar refractivity (Wildman–Crippen MR) is 39.6 cm³/mol. The normalized spacial score (nSPS) is 12.0. The van der Waals surface area contributed by atoms with E-state index < -0.39 is 12.6 Å². The van der Waals surface area contributed by atoms with Gasteiger partial charge in [0.25, 0.3) is 0 Å². The van der Waals surface area contributed by atoms with Crippen LogP contribution in [0.3, 0.4) is 0 Å². The summed E-state index contributed by atoms with van der Waals surface area (Å²) in [6, 6.07) is 0. The van der Waals surface area contributed by atoms with Gasteiger partial charge in [-0.3, -0.25) is 0 Å². The number of anilines is 1. The van der Waals surface area contributed by atoms with Crippen molar-refractivity contribution in [2.75, 3.05) is 5.73 Å². The van der Waals surface area contributed by atoms with Crippen LogP contribution in [0, 0.1) is 0 Å². The molecule has 0 aliphatic heterocycles. The van der Waals surface area contributed by atoms with Crippen molar-refractivity contribution in [1.29, 1.82) is 0 Å². The van der Waals surface area contributed by atoms with E-state index in [2.05, 4.69) is 0 Å². The summed E-state index contributed by atoms with van der Waals surface area (Å²) in [5.74, 6) is 0. The molecule has 1 aromatic rings. The van der Waals surface area contributed by atoms with Gasteiger partial charge in [-0.05, 0) is 0 Å². The van der Waals surface area contributed by atoms with Crippen molar-refractivity contribution >= 4 is 5.69 Å². The quantitative estimate of drug-likeness (QED) is 0.697. The van der Waals surface area contributed by atoms with Crippen LogP contribution in [-0.2, 0) is 13.5 Å². The highest BCUT2D eigenvalue weighted by molar-refractivity contribution is 5.45. The van der Waals surface area contributed by atoms with Gasteiger partial charge in [0, 0.05) is 25.0 Å². The number of aryl methyl sites for hydroxylation is 1. The molecule has 0 aliphatic carbocycles. The van der Waals surface area contributed by atoms with Crippen LogP contribution in [-0.4, -0.2) is 10.7 Å². The number of hydrogen-bond acceptors (Lipinski definition) is 1. The second-order valence-electron chi connectivity index (χ2n) is 2.70. The second-order valence-corrected chi connectivity index (χ2v) is 2.70. The maximum atomic E-state index is 11.9. The third-order valence-corrected chi connectivity index (χ3v) is 1.46. The first-order chi connectivity index (χ1) is 5.38. The summed E-state index contributed by atoms with van der Waals surface area (Å²) in [5, 5.41) is 0. The van der Waals surface area contributed by atoms with Crippen molar-refractivity contribution in [2.45, 2.75) is 12.6 Å². The molecule has 0 amide bonds. The summed E-state index contributed by atoms with van der Waals surface area (Å²) in [5.41, 5.74) is 5.65. The van der Waals surface area contributed by atoms with Gasteiger partial charge in [-0.15, -0.1) is 0 Å². The first kappa shape index (κ1) is 8.96. The Morgan fingerprint density at radius 1 is 1.42 bits per heavy atom. The van der Waals surface area contributed by atoms with E-state index in [0.717, 1.165) is 0 Å². The third kappa shape index (κ3) is 2.18. The van der Waals surface area contributed by atoms with Gasteiger partial charge < -0.3 is 10.3 Å². The molecule has 0 spiro atoms. The van der Waals surface area contributed by atoms with Crippen molar-refractivity contribution in [3.8, 4) is 0 Å². The Morgan fingerprint density at radius 2 is 2.00 bits per heavy atom. The van der Waals surface area contributed by atoms with E-state index in [1.807, 2.05) is 0 Å². The number of hydrogen-bond donors (Lipinski definition) is 1. The monoisotopic (exact) mass is 178 g/mol. The summed E-state index contributed by atoms with van der Waals surface area (Å²) in [7, 11) is 1.64. The Morgan fingerprint density at radius 3 is 2.33 bits per heavy atom. The van der Waals surface area contributed by atoms with E-state index in [4.69, 9.17) is 5.73 Å². The fourth-order valence-electron chi connectivity index (χ4n) is 1.02. The zero-order valence-corrected chi connectivity index (χ0v) is 6.52. The Labute approximate surface area is 67.8 Å². The van der Waals surface area contributed by atoms with Gasteiger partial charge in [-0.25, -0.2) is 0 Å². The lowest BCUT2D eigenvalue weighted by Crippen LogP contribution is -2.11. The summed E-state index contributed by atoms with van der Waals surface area (Å²) in [6.07, 6.45) is -2.31. The summed E-state index contributed by atoms with van der Waals surface area (Å²) in [4.78, 5) is 0. The van der Waals surface area contributed by atoms with Gasteiger partial charge in [-0.2, -0.15) is 13.2 Å². The summed E-state index contributed by atoms with van der Waals surface area (Å²) >= 11 is 0. The number of alkyl halides is 3. The Balaban J connectivity index is 2.82. The molecular weight excluding hydrogens is 169 g/mol. The molecule has 0 unspecified atom stereocenters. The van der Waals surface area contributed by atoms with Crippen LogP contribution in [0.2, 0.25) is 0 Å². The lowest BCUT2D eigenvalue weighted by atomic mass is 10.2. The highest BCUT2D eigenvalue weighted by Gasteiger charge is 2.28. The van der Waals surface area contributed by atoms with Crippen LogP contribution in [0.5, 0.6) is 0 Å². The molecule has 0 saturated carbocycles. The fourth-order valence-corrected chi connectivity index (χ4v) is 1.02. The van der Waals surface area contributed by atoms with Gasteiger partial charge in [-0.1, -0.05) is 0 Å². The minimum Gasteiger partial charge on any atom is -0.397 e. The molecule has 1 rings (SSSR count). The molecule has 68 valence electrons. The number of halogens is 3. The van der Waals surface area contributed by atoms with Crippen molar-refractivity contribution in [3.63, 3.8) is 0 Å². The summed E-state index contributed by atoms with van der Waals surface area (Å²) in [6.45, 7) is 0. The molecule has 0 bridgehead atoms. The molecular formula is C7H9F3N2. The fraction of sp³-hybridized carbons (Fsp3) is 0.429. The molecule has 0 fully saturated rings. The van der Waals surface area contributed by atoms with Crippen molar-refractivity contribution in [3.05, 3.63) is 18.0 Å². The zero-order chi connectivity index (χ0) is 9.35. The molecule has 0 radical (unpaired) electrons. The van der Waals surface area contributed by atoms with Gasteiger partial charge >= 0.3 is 6.18 Å². The maximum Gasteiger partial charge on any atom is 0.393 e. The number of nitrogens with two attached hydrogens (primary N) is 1. The molecule has 0 saturated heterocycles. The van der Waals surface area contributed by atoms with Crippen LogP contribution in [0.1, 0.15) is 5.56 Å². The topological polar surface area (TPSA) is 30.9 Å². The number of rotatable bonds is 1. The lowest BCUT2D eigenvalue weighted by Gasteiger charge is -2.04. The standard InChI is InChI=1S/C7H9F3N2/c1-12-3-5(6(11)4-12)2-7(8,9)10/h3-4H,2,11H2,1H3. The van der Waals surface area contributed by atoms with Gasteiger partial charge in [0.2, 0.25) is 0 Å². The molecule has 0 atom stereocenters. The Bertz CT molecular complexity index is 275. The van der Waals surface area contributed by atoms with E-state index in [-0.39, 0.29) is 11.3 Å². The van der Waals surface area contributed by atoms with Crippen LogP contribution in [0.25, 0.3) is 0 Å². The van der Waals surface area contributed by atoms with Gasteiger partial charge in [0.05, 0.1) is 12.1 Å². The minimum atomic E-state index is -4.19. The molecule has 0 aromatic carbocycles. The molecule has 12 heavy (non-hydrogen) atoms. The number of nitrogens with zero attached hydrogens (tertiary/aromatic N) is 1. The average molecular weight is 178 g/mol. The Hall–Kier alpha value is -1.13. The van der Waals surface area contributed by atoms with E-state index >= 15 is 0 Å². The molecule has 1 aromatic heterocycles. The van der Waals surface area contributed by atoms with Gasteiger partial charge in [0.1, 0.15) is 0 Å². The largest absolute Gasteiger partial charge is 0.397 e. The van der Waals surface area contributed by atoms with E-state index in [1.165, 1.54) is 17.0 Å². The number of aromatic nitrogens is 1. The Kier molecular flexibility index (Phi) is 2.04. The lowest BCUT2D eigenvalue weighted by molar-refractivity contribution is -0.127. The van der Waals surface area contributed by atoms with E-state index in [0.29, 0.717) is 0 Å². The minimum absolute atomic E-state index is 0.130. The van der Waals surface area contributed by atoms with Crippen LogP contribution in [0.15, 0.2) is 12.4 Å². The zero-order valence-electron chi connectivity index (χ0n) is 6.52. The maximum absolute atomic E-state index is 11.9. The predicted octanol–water partition coefficient (Wildman–Crippen LogP) is 1.71. The van der Waals surface area contributed by atoms with E-state index in [1.54, 1.807) is 7.05 Å². The highest BCUT2D eigenvalue weighted by Crippen LogP contribution is 2.24. The van der Waals surface area contributed by atoms with Crippen LogP contribution < -0.4 is 5.73 Å². The molecule has 1 heterocycles. The number of nitrogen functional groups attached to an aromatic ring is 1. The first-order valence-corrected chi connectivity index (χ1v) is 3.35. The summed E-state index contributed by atoms with van der Waals surface area (Å²) < 4.78 is 37.1. The first-order valence-electron chi connectivity index (χ1n) is 3.35. The van der Waals surface area contributed by atoms with Crippen LogP contribution >= 0.6 is 0 Å². The molecule has 0 aliphatic rings. The van der Waals surface area contributed by atoms with Gasteiger partial charge in [0.15, 0.2) is 0 Å². The molecule has 2 N–H and O–H groups in total. The molecule has 2 nitrogen and oxygen atoms in total. The van der Waals surface area contributed by atoms with Crippen molar-refractivity contribution < 1.29 is 13.2 Å². The van der Waals surface area contributed by atoms with Crippen molar-refractivity contribution in [1.82, 2.24) is 4.57 Å². The molecule has 5 heteroatoms. The van der Waals surface area contributed by atoms with Crippen LogP contribution in [0.4, 0.5) is 18.9 Å². The smallest absolute Gasteiger partial charge is 0.393 e. The average Bonchev–Trinajstić information content (AvgIpc) is 2.06. The third-order valence-electron chi connectivity index (χ3n) is 1.46.